The molecule has 0 aliphatic carbocycles. The maximum absolute atomic E-state index is 14.3. The van der Waals surface area contributed by atoms with E-state index < -0.39 is 5.92 Å². The van der Waals surface area contributed by atoms with Crippen LogP contribution in [0.15, 0.2) is 66.7 Å². The number of nitrogens with zero attached hydrogens (tertiary/aromatic N) is 3. The summed E-state index contributed by atoms with van der Waals surface area (Å²) < 4.78 is 35.8. The molecule has 0 bridgehead atoms. The number of nitrogens with one attached hydrogen (secondary N) is 1. The molecule has 0 saturated carbocycles. The second-order valence-corrected chi connectivity index (χ2v) is 8.77. The number of amides is 1. The Morgan fingerprint density at radius 1 is 1.09 bits per heavy atom. The summed E-state index contributed by atoms with van der Waals surface area (Å²) in [5.41, 5.74) is 3.18. The van der Waals surface area contributed by atoms with Gasteiger partial charge in [-0.25, -0.2) is 13.8 Å². The Morgan fingerprint density at radius 3 is 2.49 bits per heavy atom. The van der Waals surface area contributed by atoms with Crippen molar-refractivity contribution in [3.8, 4) is 5.75 Å². The Morgan fingerprint density at radius 2 is 1.83 bits per heavy atom. The smallest absolute Gasteiger partial charge is 0.270 e. The minimum Gasteiger partial charge on any atom is -0.497 e. The van der Waals surface area contributed by atoms with Crippen LogP contribution in [0.5, 0.6) is 5.75 Å². The molecule has 180 valence electrons. The van der Waals surface area contributed by atoms with E-state index in [9.17, 15) is 13.6 Å². The van der Waals surface area contributed by atoms with E-state index in [0.29, 0.717) is 22.6 Å². The topological polar surface area (TPSA) is 59.4 Å². The molecule has 1 aliphatic heterocycles. The number of methoxy groups -OCH3 is 1. The number of carbonyl (C=O) groups is 1. The average molecular weight is 477 g/mol. The Bertz CT molecular complexity index is 1370. The van der Waals surface area contributed by atoms with Gasteiger partial charge in [0.05, 0.1) is 24.7 Å². The lowest BCUT2D eigenvalue weighted by molar-refractivity contribution is 0.0164. The number of alkyl halides is 2. The van der Waals surface area contributed by atoms with Gasteiger partial charge < -0.3 is 19.5 Å². The third kappa shape index (κ3) is 4.56. The van der Waals surface area contributed by atoms with Crippen LogP contribution >= 0.6 is 0 Å². The highest BCUT2D eigenvalue weighted by Gasteiger charge is 2.28. The van der Waals surface area contributed by atoms with Gasteiger partial charge in [0.15, 0.2) is 0 Å². The molecule has 1 fully saturated rings. The predicted molar refractivity (Wildman–Crippen MR) is 132 cm³/mol. The molecule has 1 aliphatic rings. The molecule has 0 spiro atoms. The monoisotopic (exact) mass is 476 g/mol. The van der Waals surface area contributed by atoms with Gasteiger partial charge in [0.1, 0.15) is 5.75 Å². The highest BCUT2D eigenvalue weighted by molar-refractivity contribution is 5.98. The largest absolute Gasteiger partial charge is 0.497 e. The molecule has 0 unspecified atom stereocenters. The zero-order valence-corrected chi connectivity index (χ0v) is 19.6. The van der Waals surface area contributed by atoms with Crippen LogP contribution < -0.4 is 10.1 Å². The van der Waals surface area contributed by atoms with Crippen LogP contribution in [0, 0.1) is 0 Å². The molecule has 5 rings (SSSR count). The highest BCUT2D eigenvalue weighted by Crippen LogP contribution is 2.32. The molecule has 1 N–H and O–H groups in total. The van der Waals surface area contributed by atoms with Crippen LogP contribution in [0.3, 0.4) is 0 Å². The number of likely N-dealkylation sites (tertiary alicyclic amines) is 1. The Kier molecular flexibility index (Phi) is 5.88. The third-order valence-corrected chi connectivity index (χ3v) is 6.30. The van der Waals surface area contributed by atoms with Gasteiger partial charge in [-0.3, -0.25) is 4.79 Å². The number of hydrogen-bond donors (Lipinski definition) is 1. The number of carbonyl (C=O) groups excluding carboxylic acids is 1. The maximum Gasteiger partial charge on any atom is 0.270 e. The summed E-state index contributed by atoms with van der Waals surface area (Å²) in [7, 11) is 1.60. The second kappa shape index (κ2) is 9.02. The van der Waals surface area contributed by atoms with E-state index >= 15 is 0 Å². The average Bonchev–Trinajstić information content (AvgIpc) is 3.14. The van der Waals surface area contributed by atoms with Crippen molar-refractivity contribution in [1.29, 1.82) is 0 Å². The summed E-state index contributed by atoms with van der Waals surface area (Å²) in [5.74, 6) is -1.79. The minimum atomic E-state index is -2.98. The fourth-order valence-electron chi connectivity index (χ4n) is 4.28. The normalized spacial score (nSPS) is 13.5. The first-order valence-electron chi connectivity index (χ1n) is 11.5. The molecule has 4 aromatic rings. The Labute approximate surface area is 202 Å². The molecule has 8 heteroatoms. The van der Waals surface area contributed by atoms with E-state index in [0.717, 1.165) is 43.4 Å². The molecule has 1 amide bonds. The van der Waals surface area contributed by atoms with Crippen LogP contribution in [0.1, 0.15) is 34.8 Å². The summed E-state index contributed by atoms with van der Waals surface area (Å²) in [6.45, 7) is 2.62. The molecular formula is C27H26F2N4O2. The standard InChI is InChI=1S/C27H26F2N4O2/c1-27(28,29)22-7-4-3-6-19(22)17-33-24-13-8-18(25(34)32-14-5-15-32)16-23(24)31-26(33)30-20-9-11-21(35-2)12-10-20/h3-4,6-13,16H,5,14-15,17H2,1-2H3,(H,30,31). The minimum absolute atomic E-state index is 0.0201. The number of ether oxygens (including phenoxy) is 1. The predicted octanol–water partition coefficient (Wildman–Crippen LogP) is 5.79. The molecule has 1 saturated heterocycles. The van der Waals surface area contributed by atoms with Gasteiger partial charge in [0.25, 0.3) is 11.8 Å². The van der Waals surface area contributed by atoms with Crippen molar-refractivity contribution in [3.63, 3.8) is 0 Å². The van der Waals surface area contributed by atoms with Crippen LogP contribution in [-0.2, 0) is 12.5 Å². The van der Waals surface area contributed by atoms with Crippen LogP contribution in [0.2, 0.25) is 0 Å². The summed E-state index contributed by atoms with van der Waals surface area (Å²) >= 11 is 0. The van der Waals surface area contributed by atoms with Crippen molar-refractivity contribution in [2.45, 2.75) is 25.8 Å². The van der Waals surface area contributed by atoms with E-state index in [1.165, 1.54) is 6.07 Å². The molecule has 2 heterocycles. The van der Waals surface area contributed by atoms with E-state index in [2.05, 4.69) is 5.32 Å². The van der Waals surface area contributed by atoms with Crippen molar-refractivity contribution < 1.29 is 18.3 Å². The highest BCUT2D eigenvalue weighted by atomic mass is 19.3. The number of imidazole rings is 1. The zero-order chi connectivity index (χ0) is 24.6. The van der Waals surface area contributed by atoms with Crippen molar-refractivity contribution in [3.05, 3.63) is 83.4 Å². The molecule has 3 aromatic carbocycles. The summed E-state index contributed by atoms with van der Waals surface area (Å²) in [6, 6.07) is 19.3. The van der Waals surface area contributed by atoms with Crippen molar-refractivity contribution >= 4 is 28.6 Å². The van der Waals surface area contributed by atoms with Crippen LogP contribution in [0.4, 0.5) is 20.4 Å². The summed E-state index contributed by atoms with van der Waals surface area (Å²) in [4.78, 5) is 19.3. The van der Waals surface area contributed by atoms with Gasteiger partial charge >= 0.3 is 0 Å². The number of hydrogen-bond acceptors (Lipinski definition) is 4. The van der Waals surface area contributed by atoms with Gasteiger partial charge in [-0.2, -0.15) is 0 Å². The van der Waals surface area contributed by atoms with Gasteiger partial charge in [-0.1, -0.05) is 24.3 Å². The molecule has 0 radical (unpaired) electrons. The number of fused-ring (bicyclic) bond motifs is 1. The first kappa shape index (κ1) is 22.8. The number of rotatable bonds is 7. The van der Waals surface area contributed by atoms with E-state index in [1.54, 1.807) is 42.3 Å². The fraction of sp³-hybridized carbons (Fsp3) is 0.259. The van der Waals surface area contributed by atoms with Gasteiger partial charge in [0, 0.05) is 36.8 Å². The number of benzene rings is 3. The van der Waals surface area contributed by atoms with Crippen molar-refractivity contribution in [2.24, 2.45) is 0 Å². The third-order valence-electron chi connectivity index (χ3n) is 6.30. The van der Waals surface area contributed by atoms with Gasteiger partial charge in [0.2, 0.25) is 5.95 Å². The molecular weight excluding hydrogens is 450 g/mol. The van der Waals surface area contributed by atoms with Crippen molar-refractivity contribution in [2.75, 3.05) is 25.5 Å². The second-order valence-electron chi connectivity index (χ2n) is 8.77. The lowest BCUT2D eigenvalue weighted by Gasteiger charge is -2.30. The fourth-order valence-corrected chi connectivity index (χ4v) is 4.28. The maximum atomic E-state index is 14.3. The molecule has 35 heavy (non-hydrogen) atoms. The van der Waals surface area contributed by atoms with Gasteiger partial charge in [-0.05, 0) is 54.4 Å². The lowest BCUT2D eigenvalue weighted by atomic mass is 10.0. The van der Waals surface area contributed by atoms with Crippen LogP contribution in [-0.4, -0.2) is 40.6 Å². The molecule has 0 atom stereocenters. The van der Waals surface area contributed by atoms with Crippen molar-refractivity contribution in [1.82, 2.24) is 14.5 Å². The quantitative estimate of drug-likeness (QED) is 0.367. The number of aromatic nitrogens is 2. The van der Waals surface area contributed by atoms with E-state index in [1.807, 2.05) is 34.9 Å². The lowest BCUT2D eigenvalue weighted by Crippen LogP contribution is -2.41. The van der Waals surface area contributed by atoms with E-state index in [-0.39, 0.29) is 18.0 Å². The number of halogens is 2. The van der Waals surface area contributed by atoms with E-state index in [4.69, 9.17) is 9.72 Å². The number of anilines is 2. The first-order valence-corrected chi connectivity index (χ1v) is 11.5. The molecule has 6 nitrogen and oxygen atoms in total. The van der Waals surface area contributed by atoms with Gasteiger partial charge in [-0.15, -0.1) is 0 Å². The summed E-state index contributed by atoms with van der Waals surface area (Å²) in [5, 5.41) is 3.30. The summed E-state index contributed by atoms with van der Waals surface area (Å²) in [6.07, 6.45) is 1.01. The Balaban J connectivity index is 1.57. The first-order chi connectivity index (χ1) is 16.8. The molecule has 1 aromatic heterocycles. The zero-order valence-electron chi connectivity index (χ0n) is 19.6. The van der Waals surface area contributed by atoms with Crippen LogP contribution in [0.25, 0.3) is 11.0 Å². The Hall–Kier alpha value is -3.94. The SMILES string of the molecule is COc1ccc(Nc2nc3cc(C(=O)N4CCC4)ccc3n2Cc2ccccc2C(C)(F)F)cc1.